The second kappa shape index (κ2) is 9.18. The van der Waals surface area contributed by atoms with Crippen molar-refractivity contribution in [3.05, 3.63) is 106 Å². The van der Waals surface area contributed by atoms with Crippen molar-refractivity contribution in [2.75, 3.05) is 6.61 Å². The SMILES string of the molecule is Cc1c(C(=O)OCC(=O)NC(c2ccccc2)c2ccccc2)oc2ccc(Br)cc12. The first kappa shape index (κ1) is 20.9. The summed E-state index contributed by atoms with van der Waals surface area (Å²) in [5.74, 6) is -0.970. The van der Waals surface area contributed by atoms with Crippen LogP contribution in [-0.2, 0) is 9.53 Å². The van der Waals surface area contributed by atoms with Gasteiger partial charge in [0, 0.05) is 15.4 Å². The van der Waals surface area contributed by atoms with Gasteiger partial charge < -0.3 is 14.5 Å². The molecule has 0 saturated carbocycles. The van der Waals surface area contributed by atoms with Gasteiger partial charge in [-0.2, -0.15) is 0 Å². The molecule has 4 aromatic rings. The van der Waals surface area contributed by atoms with E-state index in [0.29, 0.717) is 11.1 Å². The maximum Gasteiger partial charge on any atom is 0.375 e. The second-order valence-corrected chi connectivity index (χ2v) is 8.01. The average Bonchev–Trinajstić information content (AvgIpc) is 3.13. The molecule has 0 aliphatic rings. The molecule has 31 heavy (non-hydrogen) atoms. The molecule has 0 fully saturated rings. The third-order valence-electron chi connectivity index (χ3n) is 4.99. The normalized spacial score (nSPS) is 10.9. The van der Waals surface area contributed by atoms with E-state index < -0.39 is 18.5 Å². The number of fused-ring (bicyclic) bond motifs is 1. The molecule has 0 bridgehead atoms. The standard InChI is InChI=1S/C25H20BrNO4/c1-16-20-14-19(26)12-13-21(20)31-24(16)25(29)30-15-22(28)27-23(17-8-4-2-5-9-17)18-10-6-3-7-11-18/h2-14,23H,15H2,1H3,(H,27,28). The second-order valence-electron chi connectivity index (χ2n) is 7.09. The molecule has 1 amide bonds. The number of carbonyl (C=O) groups is 2. The van der Waals surface area contributed by atoms with Crippen LogP contribution < -0.4 is 5.32 Å². The van der Waals surface area contributed by atoms with Crippen molar-refractivity contribution in [2.45, 2.75) is 13.0 Å². The van der Waals surface area contributed by atoms with Crippen LogP contribution in [0.1, 0.15) is 33.3 Å². The Hall–Kier alpha value is -3.38. The zero-order valence-electron chi connectivity index (χ0n) is 16.8. The van der Waals surface area contributed by atoms with E-state index in [9.17, 15) is 9.59 Å². The summed E-state index contributed by atoms with van der Waals surface area (Å²) in [4.78, 5) is 25.2. The number of hydrogen-bond donors (Lipinski definition) is 1. The van der Waals surface area contributed by atoms with Gasteiger partial charge in [-0.3, -0.25) is 4.79 Å². The maximum atomic E-state index is 12.6. The largest absolute Gasteiger partial charge is 0.450 e. The van der Waals surface area contributed by atoms with Crippen molar-refractivity contribution in [1.82, 2.24) is 5.32 Å². The van der Waals surface area contributed by atoms with Crippen molar-refractivity contribution in [2.24, 2.45) is 0 Å². The van der Waals surface area contributed by atoms with Crippen molar-refractivity contribution >= 4 is 38.8 Å². The summed E-state index contributed by atoms with van der Waals surface area (Å²) < 4.78 is 11.8. The molecule has 6 heteroatoms. The molecule has 0 radical (unpaired) electrons. The molecule has 0 spiro atoms. The lowest BCUT2D eigenvalue weighted by atomic mass is 9.99. The molecule has 1 heterocycles. The Morgan fingerprint density at radius 2 is 1.58 bits per heavy atom. The fraction of sp³-hybridized carbons (Fsp3) is 0.120. The van der Waals surface area contributed by atoms with Crippen LogP contribution in [0.4, 0.5) is 0 Å². The van der Waals surface area contributed by atoms with Gasteiger partial charge in [-0.05, 0) is 36.2 Å². The number of carbonyl (C=O) groups excluding carboxylic acids is 2. The monoisotopic (exact) mass is 477 g/mol. The quantitative estimate of drug-likeness (QED) is 0.368. The molecular formula is C25H20BrNO4. The van der Waals surface area contributed by atoms with Crippen LogP contribution in [0, 0.1) is 6.92 Å². The summed E-state index contributed by atoms with van der Waals surface area (Å²) in [6.45, 7) is 1.38. The predicted octanol–water partition coefficient (Wildman–Crippen LogP) is 5.57. The molecular weight excluding hydrogens is 458 g/mol. The van der Waals surface area contributed by atoms with Crippen molar-refractivity contribution in [3.63, 3.8) is 0 Å². The molecule has 0 atom stereocenters. The Kier molecular flexibility index (Phi) is 6.18. The Morgan fingerprint density at radius 1 is 0.968 bits per heavy atom. The van der Waals surface area contributed by atoms with Crippen molar-refractivity contribution in [1.29, 1.82) is 0 Å². The Morgan fingerprint density at radius 3 is 2.19 bits per heavy atom. The Bertz CT molecular complexity index is 1180. The highest BCUT2D eigenvalue weighted by Crippen LogP contribution is 2.28. The van der Waals surface area contributed by atoms with Crippen LogP contribution in [0.25, 0.3) is 11.0 Å². The van der Waals surface area contributed by atoms with Crippen LogP contribution in [0.2, 0.25) is 0 Å². The molecule has 4 rings (SSSR count). The molecule has 0 aliphatic carbocycles. The van der Waals surface area contributed by atoms with Gasteiger partial charge in [-0.25, -0.2) is 4.79 Å². The van der Waals surface area contributed by atoms with E-state index in [2.05, 4.69) is 21.2 Å². The average molecular weight is 478 g/mol. The minimum atomic E-state index is -0.670. The van der Waals surface area contributed by atoms with Gasteiger partial charge in [0.05, 0.1) is 6.04 Å². The molecule has 156 valence electrons. The van der Waals surface area contributed by atoms with Crippen LogP contribution >= 0.6 is 15.9 Å². The first-order valence-corrected chi connectivity index (χ1v) is 10.6. The number of halogens is 1. The van der Waals surface area contributed by atoms with Gasteiger partial charge in [-0.1, -0.05) is 76.6 Å². The molecule has 0 aliphatic heterocycles. The number of ether oxygens (including phenoxy) is 1. The van der Waals surface area contributed by atoms with E-state index in [4.69, 9.17) is 9.15 Å². The summed E-state index contributed by atoms with van der Waals surface area (Å²) in [5.41, 5.74) is 3.14. The molecule has 0 unspecified atom stereocenters. The van der Waals surface area contributed by atoms with Gasteiger partial charge in [0.1, 0.15) is 5.58 Å². The van der Waals surface area contributed by atoms with E-state index in [1.165, 1.54) is 0 Å². The molecule has 1 N–H and O–H groups in total. The number of hydrogen-bond acceptors (Lipinski definition) is 4. The number of esters is 1. The van der Waals surface area contributed by atoms with Crippen LogP contribution in [0.15, 0.2) is 87.8 Å². The maximum absolute atomic E-state index is 12.6. The lowest BCUT2D eigenvalue weighted by molar-refractivity contribution is -0.124. The number of benzene rings is 3. The van der Waals surface area contributed by atoms with E-state index in [1.807, 2.05) is 72.8 Å². The Labute approximate surface area is 188 Å². The predicted molar refractivity (Wildman–Crippen MR) is 122 cm³/mol. The van der Waals surface area contributed by atoms with Gasteiger partial charge in [0.2, 0.25) is 5.76 Å². The molecule has 3 aromatic carbocycles. The van der Waals surface area contributed by atoms with Crippen molar-refractivity contribution in [3.8, 4) is 0 Å². The lowest BCUT2D eigenvalue weighted by Gasteiger charge is -2.19. The van der Waals surface area contributed by atoms with Crippen LogP contribution in [-0.4, -0.2) is 18.5 Å². The van der Waals surface area contributed by atoms with Gasteiger partial charge >= 0.3 is 5.97 Å². The number of amides is 1. The highest BCUT2D eigenvalue weighted by Gasteiger charge is 2.22. The topological polar surface area (TPSA) is 68.5 Å². The van der Waals surface area contributed by atoms with E-state index >= 15 is 0 Å². The third kappa shape index (κ3) is 4.70. The Balaban J connectivity index is 1.46. The number of furan rings is 1. The van der Waals surface area contributed by atoms with Crippen LogP contribution in [0.3, 0.4) is 0 Å². The minimum absolute atomic E-state index is 0.101. The minimum Gasteiger partial charge on any atom is -0.450 e. The number of nitrogens with one attached hydrogen (secondary N) is 1. The summed E-state index contributed by atoms with van der Waals surface area (Å²) in [6.07, 6.45) is 0. The van der Waals surface area contributed by atoms with Gasteiger partial charge in [0.25, 0.3) is 5.91 Å². The third-order valence-corrected chi connectivity index (χ3v) is 5.48. The first-order chi connectivity index (χ1) is 15.0. The highest BCUT2D eigenvalue weighted by molar-refractivity contribution is 9.10. The zero-order valence-corrected chi connectivity index (χ0v) is 18.4. The molecule has 5 nitrogen and oxygen atoms in total. The van der Waals surface area contributed by atoms with Crippen molar-refractivity contribution < 1.29 is 18.7 Å². The van der Waals surface area contributed by atoms with E-state index in [-0.39, 0.29) is 11.8 Å². The fourth-order valence-electron chi connectivity index (χ4n) is 3.44. The summed E-state index contributed by atoms with van der Waals surface area (Å²) in [5, 5.41) is 3.77. The van der Waals surface area contributed by atoms with Gasteiger partial charge in [0.15, 0.2) is 6.61 Å². The molecule has 0 saturated heterocycles. The first-order valence-electron chi connectivity index (χ1n) is 9.78. The van der Waals surface area contributed by atoms with E-state index in [0.717, 1.165) is 21.0 Å². The number of rotatable bonds is 6. The highest BCUT2D eigenvalue weighted by atomic mass is 79.9. The number of aryl methyl sites for hydroxylation is 1. The zero-order chi connectivity index (χ0) is 21.8. The summed E-state index contributed by atoms with van der Waals surface area (Å²) in [6, 6.07) is 24.4. The fourth-order valence-corrected chi connectivity index (χ4v) is 3.80. The summed E-state index contributed by atoms with van der Waals surface area (Å²) in [7, 11) is 0. The summed E-state index contributed by atoms with van der Waals surface area (Å²) >= 11 is 3.41. The van der Waals surface area contributed by atoms with E-state index in [1.54, 1.807) is 13.0 Å². The smallest absolute Gasteiger partial charge is 0.375 e. The molecule has 1 aromatic heterocycles. The lowest BCUT2D eigenvalue weighted by Crippen LogP contribution is -2.33. The van der Waals surface area contributed by atoms with Crippen LogP contribution in [0.5, 0.6) is 0 Å². The van der Waals surface area contributed by atoms with Gasteiger partial charge in [-0.15, -0.1) is 0 Å².